The van der Waals surface area contributed by atoms with E-state index >= 15 is 0 Å². The molecule has 0 spiro atoms. The Kier molecular flexibility index (Phi) is 9.41. The summed E-state index contributed by atoms with van der Waals surface area (Å²) in [4.78, 5) is 11.8. The topological polar surface area (TPSA) is 125 Å². The summed E-state index contributed by atoms with van der Waals surface area (Å²) in [6, 6.07) is 3.62. The first-order chi connectivity index (χ1) is 12.6. The van der Waals surface area contributed by atoms with Gasteiger partial charge in [0.05, 0.1) is 12.1 Å². The third-order valence-electron chi connectivity index (χ3n) is 3.28. The standard InChI is InChI=1S/C16H20ClN5O4.ClH/c1-3-6-25-14-11(17)7-10(8-12(14)24-2)9-19-4-5-20-16(23)13-15(18)22-26-21-13;/h3,7-8,19H,1,4-6,9H2,2H3,(H2,18,22)(H,20,23);1H/p-1. The number of amides is 1. The molecule has 4 N–H and O–H groups in total. The van der Waals surface area contributed by atoms with Crippen LogP contribution in [0.5, 0.6) is 11.5 Å². The van der Waals surface area contributed by atoms with Crippen LogP contribution in [0.1, 0.15) is 16.1 Å². The zero-order valence-electron chi connectivity index (χ0n) is 14.6. The first-order valence-corrected chi connectivity index (χ1v) is 8.11. The quantitative estimate of drug-likeness (QED) is 0.312. The number of rotatable bonds is 10. The molecule has 2 rings (SSSR count). The number of benzene rings is 1. The highest BCUT2D eigenvalue weighted by Crippen LogP contribution is 2.36. The zero-order valence-corrected chi connectivity index (χ0v) is 16.1. The molecular formula is C16H20Cl2N5O4-. The SMILES string of the molecule is C=CCOc1c(Cl)cc(CNCCNC(=O)c2nonc2N)cc1OC.[Cl-]. The summed E-state index contributed by atoms with van der Waals surface area (Å²) in [5.41, 5.74) is 6.33. The van der Waals surface area contributed by atoms with Crippen molar-refractivity contribution in [3.63, 3.8) is 0 Å². The third-order valence-corrected chi connectivity index (χ3v) is 3.56. The summed E-state index contributed by atoms with van der Waals surface area (Å²) in [6.45, 7) is 5.35. The molecule has 0 aliphatic heterocycles. The Morgan fingerprint density at radius 2 is 2.19 bits per heavy atom. The predicted octanol–water partition coefficient (Wildman–Crippen LogP) is -1.60. The average Bonchev–Trinajstić information content (AvgIpc) is 3.06. The van der Waals surface area contributed by atoms with Crippen LogP contribution < -0.4 is 38.2 Å². The van der Waals surface area contributed by atoms with Gasteiger partial charge in [0.2, 0.25) is 11.5 Å². The van der Waals surface area contributed by atoms with Gasteiger partial charge in [-0.25, -0.2) is 4.63 Å². The number of nitrogens with zero attached hydrogens (tertiary/aromatic N) is 2. The minimum Gasteiger partial charge on any atom is -1.00 e. The summed E-state index contributed by atoms with van der Waals surface area (Å²) < 4.78 is 15.2. The van der Waals surface area contributed by atoms with Crippen molar-refractivity contribution < 1.29 is 31.3 Å². The molecule has 1 aromatic carbocycles. The van der Waals surface area contributed by atoms with Gasteiger partial charge in [-0.2, -0.15) is 0 Å². The number of methoxy groups -OCH3 is 1. The van der Waals surface area contributed by atoms with Gasteiger partial charge >= 0.3 is 0 Å². The molecular weight excluding hydrogens is 397 g/mol. The molecule has 148 valence electrons. The Morgan fingerprint density at radius 1 is 1.41 bits per heavy atom. The number of aromatic nitrogens is 2. The van der Waals surface area contributed by atoms with Crippen molar-refractivity contribution in [2.75, 3.05) is 32.5 Å². The molecule has 0 radical (unpaired) electrons. The first-order valence-electron chi connectivity index (χ1n) is 7.73. The smallest absolute Gasteiger partial charge is 0.277 e. The van der Waals surface area contributed by atoms with Crippen molar-refractivity contribution in [1.82, 2.24) is 20.9 Å². The summed E-state index contributed by atoms with van der Waals surface area (Å²) in [5, 5.41) is 13.1. The normalized spacial score (nSPS) is 10.0. The van der Waals surface area contributed by atoms with E-state index in [1.807, 2.05) is 6.07 Å². The van der Waals surface area contributed by atoms with E-state index in [-0.39, 0.29) is 23.9 Å². The fraction of sp³-hybridized carbons (Fsp3) is 0.312. The van der Waals surface area contributed by atoms with E-state index in [1.165, 1.54) is 0 Å². The molecule has 1 amide bonds. The van der Waals surface area contributed by atoms with Crippen molar-refractivity contribution in [2.24, 2.45) is 0 Å². The molecule has 1 heterocycles. The van der Waals surface area contributed by atoms with Gasteiger partial charge < -0.3 is 38.2 Å². The van der Waals surface area contributed by atoms with Gasteiger partial charge in [0.15, 0.2) is 11.5 Å². The second-order valence-corrected chi connectivity index (χ2v) is 5.55. The summed E-state index contributed by atoms with van der Waals surface area (Å²) in [7, 11) is 1.55. The predicted molar refractivity (Wildman–Crippen MR) is 96.4 cm³/mol. The monoisotopic (exact) mass is 416 g/mol. The fourth-order valence-electron chi connectivity index (χ4n) is 2.09. The number of carbonyl (C=O) groups excluding carboxylic acids is 1. The maximum absolute atomic E-state index is 11.8. The van der Waals surface area contributed by atoms with Crippen molar-refractivity contribution >= 4 is 23.3 Å². The highest BCUT2D eigenvalue weighted by molar-refractivity contribution is 6.32. The van der Waals surface area contributed by atoms with Gasteiger partial charge in [-0.05, 0) is 28.0 Å². The maximum atomic E-state index is 11.8. The summed E-state index contributed by atoms with van der Waals surface area (Å²) >= 11 is 6.24. The van der Waals surface area contributed by atoms with E-state index in [1.54, 1.807) is 19.3 Å². The largest absolute Gasteiger partial charge is 1.00 e. The van der Waals surface area contributed by atoms with Crippen molar-refractivity contribution in [1.29, 1.82) is 0 Å². The first kappa shape index (κ1) is 22.6. The fourth-order valence-corrected chi connectivity index (χ4v) is 2.38. The molecule has 0 unspecified atom stereocenters. The highest BCUT2D eigenvalue weighted by atomic mass is 35.5. The van der Waals surface area contributed by atoms with Crippen LogP contribution in [0.25, 0.3) is 0 Å². The number of nitrogen functional groups attached to an aromatic ring is 1. The molecule has 0 fully saturated rings. The molecule has 0 bridgehead atoms. The van der Waals surface area contributed by atoms with E-state index in [2.05, 4.69) is 32.2 Å². The number of nitrogens with two attached hydrogens (primary N) is 1. The number of anilines is 1. The van der Waals surface area contributed by atoms with Crippen LogP contribution in [0.3, 0.4) is 0 Å². The van der Waals surface area contributed by atoms with Gasteiger partial charge in [-0.3, -0.25) is 4.79 Å². The van der Waals surface area contributed by atoms with Crippen LogP contribution in [-0.4, -0.2) is 43.0 Å². The second-order valence-electron chi connectivity index (χ2n) is 5.14. The van der Waals surface area contributed by atoms with Crippen molar-refractivity contribution in [2.45, 2.75) is 6.54 Å². The Labute approximate surface area is 167 Å². The maximum Gasteiger partial charge on any atom is 0.277 e. The Bertz CT molecular complexity index is 769. The molecule has 11 heteroatoms. The van der Waals surface area contributed by atoms with Crippen LogP contribution in [-0.2, 0) is 6.54 Å². The lowest BCUT2D eigenvalue weighted by Gasteiger charge is -2.13. The van der Waals surface area contributed by atoms with Gasteiger partial charge in [0.1, 0.15) is 6.61 Å². The summed E-state index contributed by atoms with van der Waals surface area (Å²) in [6.07, 6.45) is 1.63. The van der Waals surface area contributed by atoms with Crippen LogP contribution >= 0.6 is 11.6 Å². The lowest BCUT2D eigenvalue weighted by Crippen LogP contribution is -3.00. The average molecular weight is 417 g/mol. The van der Waals surface area contributed by atoms with Crippen molar-refractivity contribution in [3.05, 3.63) is 41.1 Å². The number of ether oxygens (including phenoxy) is 2. The molecule has 1 aromatic heterocycles. The number of hydrogen-bond donors (Lipinski definition) is 3. The molecule has 0 atom stereocenters. The lowest BCUT2D eigenvalue weighted by molar-refractivity contribution is -0.0000148. The second kappa shape index (κ2) is 11.3. The van der Waals surface area contributed by atoms with E-state index in [4.69, 9.17) is 26.8 Å². The number of hydrogen-bond acceptors (Lipinski definition) is 8. The van der Waals surface area contributed by atoms with Gasteiger partial charge in [0.25, 0.3) is 5.91 Å². The van der Waals surface area contributed by atoms with E-state index in [9.17, 15) is 4.79 Å². The van der Waals surface area contributed by atoms with Crippen molar-refractivity contribution in [3.8, 4) is 11.5 Å². The Balaban J connectivity index is 0.00000364. The number of halogens is 2. The van der Waals surface area contributed by atoms with E-state index < -0.39 is 5.91 Å². The highest BCUT2D eigenvalue weighted by Gasteiger charge is 2.15. The van der Waals surface area contributed by atoms with E-state index in [0.717, 1.165) is 5.56 Å². The minimum absolute atomic E-state index is 0. The Hall–Kier alpha value is -2.49. The lowest BCUT2D eigenvalue weighted by atomic mass is 10.2. The molecule has 0 saturated carbocycles. The van der Waals surface area contributed by atoms with Gasteiger partial charge in [0, 0.05) is 19.6 Å². The number of nitrogens with one attached hydrogen (secondary N) is 2. The Morgan fingerprint density at radius 3 is 2.81 bits per heavy atom. The van der Waals surface area contributed by atoms with Crippen LogP contribution in [0.4, 0.5) is 5.82 Å². The molecule has 2 aromatic rings. The zero-order chi connectivity index (χ0) is 18.9. The van der Waals surface area contributed by atoms with Crippen LogP contribution in [0.15, 0.2) is 29.4 Å². The number of carbonyl (C=O) groups is 1. The van der Waals surface area contributed by atoms with E-state index in [0.29, 0.717) is 42.8 Å². The van der Waals surface area contributed by atoms with Crippen LogP contribution in [0, 0.1) is 0 Å². The van der Waals surface area contributed by atoms with Gasteiger partial charge in [-0.1, -0.05) is 24.3 Å². The molecule has 0 aliphatic rings. The molecule has 9 nitrogen and oxygen atoms in total. The van der Waals surface area contributed by atoms with Crippen LogP contribution in [0.2, 0.25) is 5.02 Å². The molecule has 27 heavy (non-hydrogen) atoms. The summed E-state index contributed by atoms with van der Waals surface area (Å²) in [5.74, 6) is 0.525. The minimum atomic E-state index is -0.445. The molecule has 0 saturated heterocycles. The third kappa shape index (κ3) is 6.31. The molecule has 0 aliphatic carbocycles. The van der Waals surface area contributed by atoms with Gasteiger partial charge in [-0.15, -0.1) is 0 Å².